The van der Waals surface area contributed by atoms with Crippen LogP contribution in [0.4, 0.5) is 11.4 Å². The molecule has 0 aliphatic rings. The van der Waals surface area contributed by atoms with E-state index >= 15 is 0 Å². The summed E-state index contributed by atoms with van der Waals surface area (Å²) < 4.78 is 1.13. The fourth-order valence-electron chi connectivity index (χ4n) is 1.58. The molecule has 0 radical (unpaired) electrons. The molecule has 16 heavy (non-hydrogen) atoms. The van der Waals surface area contributed by atoms with E-state index in [0.717, 1.165) is 21.5 Å². The van der Waals surface area contributed by atoms with E-state index in [1.807, 2.05) is 18.2 Å². The van der Waals surface area contributed by atoms with Crippen molar-refractivity contribution in [3.05, 3.63) is 21.8 Å². The smallest absolute Gasteiger partial charge is 0.0640 e. The first-order valence-electron chi connectivity index (χ1n) is 5.25. The van der Waals surface area contributed by atoms with Gasteiger partial charge in [-0.15, -0.1) is 0 Å². The van der Waals surface area contributed by atoms with Crippen LogP contribution < -0.4 is 10.6 Å². The Hall–Kier alpha value is -0.960. The van der Waals surface area contributed by atoms with Gasteiger partial charge in [0.05, 0.1) is 18.2 Å². The van der Waals surface area contributed by atoms with E-state index in [1.165, 1.54) is 0 Å². The van der Waals surface area contributed by atoms with Crippen LogP contribution in [0.15, 0.2) is 18.2 Å². The monoisotopic (exact) mass is 329 g/mol. The molecule has 0 aromatic heterocycles. The number of nitrogen functional groups attached to an aromatic ring is 1. The largest absolute Gasteiger partial charge is 0.399 e. The van der Waals surface area contributed by atoms with E-state index < -0.39 is 0 Å². The average molecular weight is 329 g/mol. The fraction of sp³-hybridized carbons (Fsp3) is 0.417. The van der Waals surface area contributed by atoms with Crippen molar-refractivity contribution in [2.45, 2.75) is 26.3 Å². The molecule has 0 heterocycles. The van der Waals surface area contributed by atoms with Crippen LogP contribution in [0.5, 0.6) is 0 Å². The van der Waals surface area contributed by atoms with E-state index in [1.54, 1.807) is 0 Å². The lowest BCUT2D eigenvalue weighted by molar-refractivity contribution is 0.685. The molecule has 0 aliphatic carbocycles. The van der Waals surface area contributed by atoms with Crippen LogP contribution in [0.2, 0.25) is 0 Å². The first-order valence-corrected chi connectivity index (χ1v) is 6.32. The Morgan fingerprint density at radius 3 is 2.69 bits per heavy atom. The maximum absolute atomic E-state index is 8.66. The zero-order valence-corrected chi connectivity index (χ0v) is 11.7. The predicted octanol–water partition coefficient (Wildman–Crippen LogP) is 3.00. The van der Waals surface area contributed by atoms with Crippen molar-refractivity contribution in [2.24, 2.45) is 0 Å². The van der Waals surface area contributed by atoms with Gasteiger partial charge in [-0.1, -0.05) is 0 Å². The Morgan fingerprint density at radius 1 is 1.50 bits per heavy atom. The molecule has 0 unspecified atom stereocenters. The van der Waals surface area contributed by atoms with Crippen molar-refractivity contribution < 1.29 is 0 Å². The first kappa shape index (κ1) is 13.1. The summed E-state index contributed by atoms with van der Waals surface area (Å²) in [4.78, 5) is 2.23. The molecule has 86 valence electrons. The molecule has 0 fully saturated rings. The van der Waals surface area contributed by atoms with Crippen LogP contribution in [-0.2, 0) is 0 Å². The molecular formula is C12H16IN3. The molecule has 1 aromatic rings. The van der Waals surface area contributed by atoms with Crippen molar-refractivity contribution >= 4 is 34.0 Å². The normalized spacial score (nSPS) is 10.2. The summed E-state index contributed by atoms with van der Waals surface area (Å²) in [6, 6.07) is 8.45. The molecule has 0 saturated heterocycles. The third-order valence-electron chi connectivity index (χ3n) is 2.37. The molecule has 0 atom stereocenters. The zero-order chi connectivity index (χ0) is 12.1. The average Bonchev–Trinajstić information content (AvgIpc) is 2.20. The van der Waals surface area contributed by atoms with Crippen LogP contribution >= 0.6 is 22.6 Å². The first-order chi connectivity index (χ1) is 7.56. The van der Waals surface area contributed by atoms with Crippen molar-refractivity contribution in [2.75, 3.05) is 17.2 Å². The predicted molar refractivity (Wildman–Crippen MR) is 76.3 cm³/mol. The maximum atomic E-state index is 8.66. The number of benzene rings is 1. The number of nitriles is 1. The highest BCUT2D eigenvalue weighted by Gasteiger charge is 2.13. The van der Waals surface area contributed by atoms with E-state index in [0.29, 0.717) is 12.5 Å². The minimum atomic E-state index is 0.380. The highest BCUT2D eigenvalue weighted by atomic mass is 127. The van der Waals surface area contributed by atoms with Gasteiger partial charge in [0.1, 0.15) is 0 Å². The van der Waals surface area contributed by atoms with Crippen LogP contribution in [0.1, 0.15) is 20.3 Å². The van der Waals surface area contributed by atoms with Crippen molar-refractivity contribution in [3.63, 3.8) is 0 Å². The summed E-state index contributed by atoms with van der Waals surface area (Å²) in [5.74, 6) is 0. The van der Waals surface area contributed by atoms with E-state index in [9.17, 15) is 0 Å². The third kappa shape index (κ3) is 3.27. The molecule has 0 spiro atoms. The van der Waals surface area contributed by atoms with E-state index in [4.69, 9.17) is 11.0 Å². The van der Waals surface area contributed by atoms with Crippen LogP contribution in [0, 0.1) is 14.9 Å². The molecule has 0 amide bonds. The lowest BCUT2D eigenvalue weighted by Crippen LogP contribution is -2.32. The number of nitrogens with zero attached hydrogens (tertiary/aromatic N) is 2. The van der Waals surface area contributed by atoms with Crippen LogP contribution in [0.25, 0.3) is 0 Å². The number of anilines is 2. The Balaban J connectivity index is 2.97. The van der Waals surface area contributed by atoms with Gasteiger partial charge in [-0.2, -0.15) is 5.26 Å². The van der Waals surface area contributed by atoms with Crippen molar-refractivity contribution in [3.8, 4) is 6.07 Å². The van der Waals surface area contributed by atoms with E-state index in [2.05, 4.69) is 47.4 Å². The summed E-state index contributed by atoms with van der Waals surface area (Å²) in [5.41, 5.74) is 7.66. The topological polar surface area (TPSA) is 53.0 Å². The number of halogens is 1. The molecule has 3 nitrogen and oxygen atoms in total. The number of nitrogens with two attached hydrogens (primary N) is 1. The van der Waals surface area contributed by atoms with Crippen molar-refractivity contribution in [1.82, 2.24) is 0 Å². The fourth-order valence-corrected chi connectivity index (χ4v) is 2.43. The molecule has 0 aliphatic heterocycles. The van der Waals surface area contributed by atoms with Crippen molar-refractivity contribution in [1.29, 1.82) is 5.26 Å². The third-order valence-corrected chi connectivity index (χ3v) is 3.23. The summed E-state index contributed by atoms with van der Waals surface area (Å²) in [5, 5.41) is 8.66. The Labute approximate surface area is 110 Å². The lowest BCUT2D eigenvalue weighted by atomic mass is 10.2. The summed E-state index contributed by atoms with van der Waals surface area (Å²) in [7, 11) is 0. The lowest BCUT2D eigenvalue weighted by Gasteiger charge is -2.29. The quantitative estimate of drug-likeness (QED) is 0.682. The SMILES string of the molecule is CC(C)N(CCC#N)c1ccc(N)cc1I. The molecule has 1 rings (SSSR count). The maximum Gasteiger partial charge on any atom is 0.0640 e. The van der Waals surface area contributed by atoms with Crippen LogP contribution in [0.3, 0.4) is 0 Å². The second-order valence-electron chi connectivity index (χ2n) is 3.91. The molecule has 4 heteroatoms. The summed E-state index contributed by atoms with van der Waals surface area (Å²) in [6.45, 7) is 5.02. The second kappa shape index (κ2) is 5.94. The molecule has 2 N–H and O–H groups in total. The van der Waals surface area contributed by atoms with Gasteiger partial charge in [-0.3, -0.25) is 0 Å². The van der Waals surface area contributed by atoms with Gasteiger partial charge >= 0.3 is 0 Å². The summed E-state index contributed by atoms with van der Waals surface area (Å²) >= 11 is 2.28. The zero-order valence-electron chi connectivity index (χ0n) is 9.57. The van der Waals surface area contributed by atoms with Gasteiger partial charge in [0.2, 0.25) is 0 Å². The molecular weight excluding hydrogens is 313 g/mol. The minimum Gasteiger partial charge on any atom is -0.399 e. The number of rotatable bonds is 4. The van der Waals surface area contributed by atoms with Gasteiger partial charge in [-0.05, 0) is 54.6 Å². The summed E-state index contributed by atoms with van der Waals surface area (Å²) in [6.07, 6.45) is 0.540. The molecule has 1 aromatic carbocycles. The highest BCUT2D eigenvalue weighted by Crippen LogP contribution is 2.26. The van der Waals surface area contributed by atoms with E-state index in [-0.39, 0.29) is 0 Å². The number of hydrogen-bond donors (Lipinski definition) is 1. The van der Waals surface area contributed by atoms with Gasteiger partial charge < -0.3 is 10.6 Å². The Kier molecular flexibility index (Phi) is 4.87. The highest BCUT2D eigenvalue weighted by molar-refractivity contribution is 14.1. The van der Waals surface area contributed by atoms with Crippen LogP contribution in [-0.4, -0.2) is 12.6 Å². The Morgan fingerprint density at radius 2 is 2.19 bits per heavy atom. The Bertz CT molecular complexity index is 396. The van der Waals surface area contributed by atoms with Gasteiger partial charge in [0.25, 0.3) is 0 Å². The second-order valence-corrected chi connectivity index (χ2v) is 5.07. The van der Waals surface area contributed by atoms with Gasteiger partial charge in [0.15, 0.2) is 0 Å². The minimum absolute atomic E-state index is 0.380. The van der Waals surface area contributed by atoms with Gasteiger partial charge in [-0.25, -0.2) is 0 Å². The number of hydrogen-bond acceptors (Lipinski definition) is 3. The standard InChI is InChI=1S/C12H16IN3/c1-9(2)16(7-3-6-14)12-5-4-10(15)8-11(12)13/h4-5,8-9H,3,7,15H2,1-2H3. The molecule has 0 bridgehead atoms. The van der Waals surface area contributed by atoms with Gasteiger partial charge in [0, 0.05) is 21.8 Å². The molecule has 0 saturated carbocycles.